The Morgan fingerprint density at radius 2 is 2.04 bits per heavy atom. The zero-order valence-corrected chi connectivity index (χ0v) is 14.2. The average Bonchev–Trinajstić information content (AvgIpc) is 3.12. The van der Waals surface area contributed by atoms with Crippen molar-refractivity contribution < 1.29 is 19.1 Å². The summed E-state index contributed by atoms with van der Waals surface area (Å²) in [5.41, 5.74) is 0.504. The van der Waals surface area contributed by atoms with E-state index in [0.717, 1.165) is 38.0 Å². The van der Waals surface area contributed by atoms with Crippen molar-refractivity contribution in [3.63, 3.8) is 0 Å². The van der Waals surface area contributed by atoms with Crippen LogP contribution < -0.4 is 15.4 Å². The van der Waals surface area contributed by atoms with Gasteiger partial charge in [-0.2, -0.15) is 0 Å². The van der Waals surface area contributed by atoms with Crippen LogP contribution in [-0.4, -0.2) is 44.2 Å². The third kappa shape index (κ3) is 6.20. The number of hydrogen-bond acceptors (Lipinski definition) is 4. The molecule has 1 heterocycles. The van der Waals surface area contributed by atoms with Gasteiger partial charge in [-0.1, -0.05) is 13.3 Å². The summed E-state index contributed by atoms with van der Waals surface area (Å²) in [5.74, 6) is 0.259. The van der Waals surface area contributed by atoms with Gasteiger partial charge in [0, 0.05) is 18.7 Å². The molecule has 6 nitrogen and oxygen atoms in total. The highest BCUT2D eigenvalue weighted by atomic mass is 16.5. The molecule has 24 heavy (non-hydrogen) atoms. The number of hydrogen-bond donors (Lipinski definition) is 2. The molecule has 2 N–H and O–H groups in total. The van der Waals surface area contributed by atoms with Crippen LogP contribution in [0.5, 0.6) is 5.75 Å². The quantitative estimate of drug-likeness (QED) is 0.676. The number of amides is 2. The molecule has 0 aromatic heterocycles. The zero-order valence-electron chi connectivity index (χ0n) is 14.2. The minimum atomic E-state index is -0.276. The first-order valence-corrected chi connectivity index (χ1v) is 8.58. The highest BCUT2D eigenvalue weighted by molar-refractivity contribution is 5.96. The summed E-state index contributed by atoms with van der Waals surface area (Å²) in [6.07, 6.45) is 4.19. The Balaban J connectivity index is 1.68. The molecule has 2 amide bonds. The lowest BCUT2D eigenvalue weighted by Gasteiger charge is -2.11. The number of carbonyl (C=O) groups excluding carboxylic acids is 2. The number of rotatable bonds is 9. The molecule has 1 aliphatic heterocycles. The monoisotopic (exact) mass is 334 g/mol. The van der Waals surface area contributed by atoms with Gasteiger partial charge in [0.2, 0.25) is 5.91 Å². The summed E-state index contributed by atoms with van der Waals surface area (Å²) in [7, 11) is 0. The lowest BCUT2D eigenvalue weighted by Crippen LogP contribution is -2.39. The van der Waals surface area contributed by atoms with Gasteiger partial charge in [-0.3, -0.25) is 9.59 Å². The topological polar surface area (TPSA) is 76.7 Å². The van der Waals surface area contributed by atoms with Crippen molar-refractivity contribution in [3.05, 3.63) is 29.8 Å². The molecule has 1 aromatic rings. The van der Waals surface area contributed by atoms with E-state index in [2.05, 4.69) is 17.6 Å². The van der Waals surface area contributed by atoms with E-state index in [9.17, 15) is 9.59 Å². The SMILES string of the molecule is CCCCOc1ccc(C(=O)NCC(=O)NC[C@H]2CCCO2)cc1. The largest absolute Gasteiger partial charge is 0.494 e. The van der Waals surface area contributed by atoms with Gasteiger partial charge in [-0.05, 0) is 43.5 Å². The van der Waals surface area contributed by atoms with Gasteiger partial charge in [0.05, 0.1) is 19.3 Å². The molecular weight excluding hydrogens is 308 g/mol. The first-order valence-electron chi connectivity index (χ1n) is 8.58. The van der Waals surface area contributed by atoms with Crippen molar-refractivity contribution in [2.75, 3.05) is 26.3 Å². The third-order valence-electron chi connectivity index (χ3n) is 3.84. The van der Waals surface area contributed by atoms with Crippen molar-refractivity contribution in [1.29, 1.82) is 0 Å². The van der Waals surface area contributed by atoms with E-state index in [1.165, 1.54) is 0 Å². The van der Waals surface area contributed by atoms with Crippen molar-refractivity contribution in [1.82, 2.24) is 10.6 Å². The van der Waals surface area contributed by atoms with Crippen molar-refractivity contribution in [3.8, 4) is 5.75 Å². The second-order valence-corrected chi connectivity index (χ2v) is 5.85. The Morgan fingerprint density at radius 3 is 2.71 bits per heavy atom. The summed E-state index contributed by atoms with van der Waals surface area (Å²) >= 11 is 0. The lowest BCUT2D eigenvalue weighted by atomic mass is 10.2. The van der Waals surface area contributed by atoms with Gasteiger partial charge in [-0.25, -0.2) is 0 Å². The van der Waals surface area contributed by atoms with E-state index in [-0.39, 0.29) is 24.5 Å². The summed E-state index contributed by atoms with van der Waals surface area (Å²) < 4.78 is 11.0. The fourth-order valence-electron chi connectivity index (χ4n) is 2.40. The van der Waals surface area contributed by atoms with Crippen LogP contribution in [0.1, 0.15) is 43.0 Å². The van der Waals surface area contributed by atoms with Gasteiger partial charge in [-0.15, -0.1) is 0 Å². The van der Waals surface area contributed by atoms with E-state index in [0.29, 0.717) is 18.7 Å². The van der Waals surface area contributed by atoms with Gasteiger partial charge in [0.25, 0.3) is 5.91 Å². The minimum absolute atomic E-state index is 0.0414. The molecule has 1 atom stereocenters. The highest BCUT2D eigenvalue weighted by Crippen LogP contribution is 2.13. The van der Waals surface area contributed by atoms with E-state index < -0.39 is 0 Å². The number of benzene rings is 1. The molecule has 1 aromatic carbocycles. The summed E-state index contributed by atoms with van der Waals surface area (Å²) in [6, 6.07) is 6.92. The van der Waals surface area contributed by atoms with Gasteiger partial charge in [0.15, 0.2) is 0 Å². The third-order valence-corrected chi connectivity index (χ3v) is 3.84. The molecule has 1 saturated heterocycles. The standard InChI is InChI=1S/C18H26N2O4/c1-2-3-10-23-15-8-6-14(7-9-15)18(22)20-13-17(21)19-12-16-5-4-11-24-16/h6-9,16H,2-5,10-13H2,1H3,(H,19,21)(H,20,22)/t16-/m1/s1. The Morgan fingerprint density at radius 1 is 1.25 bits per heavy atom. The Bertz CT molecular complexity index is 524. The van der Waals surface area contributed by atoms with Gasteiger partial charge < -0.3 is 20.1 Å². The van der Waals surface area contributed by atoms with E-state index >= 15 is 0 Å². The Hall–Kier alpha value is -2.08. The molecule has 0 spiro atoms. The molecule has 132 valence electrons. The molecule has 0 radical (unpaired) electrons. The normalized spacial score (nSPS) is 16.6. The number of ether oxygens (including phenoxy) is 2. The fraction of sp³-hybridized carbons (Fsp3) is 0.556. The predicted molar refractivity (Wildman–Crippen MR) is 91.2 cm³/mol. The first kappa shape index (κ1) is 18.3. The second kappa shape index (κ2) is 9.93. The van der Waals surface area contributed by atoms with E-state index in [1.54, 1.807) is 24.3 Å². The molecule has 0 saturated carbocycles. The Labute approximate surface area is 142 Å². The first-order chi connectivity index (χ1) is 11.7. The number of nitrogens with one attached hydrogen (secondary N) is 2. The smallest absolute Gasteiger partial charge is 0.251 e. The van der Waals surface area contributed by atoms with Crippen LogP contribution in [0.15, 0.2) is 24.3 Å². The maximum absolute atomic E-state index is 12.0. The zero-order chi connectivity index (χ0) is 17.2. The molecule has 0 aliphatic carbocycles. The minimum Gasteiger partial charge on any atom is -0.494 e. The number of carbonyl (C=O) groups is 2. The lowest BCUT2D eigenvalue weighted by molar-refractivity contribution is -0.120. The fourth-order valence-corrected chi connectivity index (χ4v) is 2.40. The van der Waals surface area contributed by atoms with Crippen LogP contribution in [0.25, 0.3) is 0 Å². The van der Waals surface area contributed by atoms with Crippen LogP contribution >= 0.6 is 0 Å². The van der Waals surface area contributed by atoms with Crippen molar-refractivity contribution >= 4 is 11.8 Å². The summed E-state index contributed by atoms with van der Waals surface area (Å²) in [4.78, 5) is 23.8. The van der Waals surface area contributed by atoms with E-state index in [1.807, 2.05) is 0 Å². The van der Waals surface area contributed by atoms with E-state index in [4.69, 9.17) is 9.47 Å². The van der Waals surface area contributed by atoms with Crippen LogP contribution in [0.2, 0.25) is 0 Å². The van der Waals surface area contributed by atoms with Crippen LogP contribution in [0.4, 0.5) is 0 Å². The second-order valence-electron chi connectivity index (χ2n) is 5.85. The molecule has 1 fully saturated rings. The summed E-state index contributed by atoms with van der Waals surface area (Å²) in [6.45, 7) is 3.99. The Kier molecular flexibility index (Phi) is 7.55. The molecular formula is C18H26N2O4. The maximum atomic E-state index is 12.0. The van der Waals surface area contributed by atoms with Gasteiger partial charge >= 0.3 is 0 Å². The summed E-state index contributed by atoms with van der Waals surface area (Å²) in [5, 5.41) is 5.38. The average molecular weight is 334 g/mol. The van der Waals surface area contributed by atoms with Crippen LogP contribution in [-0.2, 0) is 9.53 Å². The van der Waals surface area contributed by atoms with Crippen LogP contribution in [0, 0.1) is 0 Å². The van der Waals surface area contributed by atoms with Crippen LogP contribution in [0.3, 0.4) is 0 Å². The van der Waals surface area contributed by atoms with Crippen molar-refractivity contribution in [2.45, 2.75) is 38.7 Å². The molecule has 0 unspecified atom stereocenters. The maximum Gasteiger partial charge on any atom is 0.251 e. The molecule has 1 aliphatic rings. The predicted octanol–water partition coefficient (Wildman–Crippen LogP) is 1.89. The molecule has 6 heteroatoms. The molecule has 2 rings (SSSR count). The van der Waals surface area contributed by atoms with Crippen molar-refractivity contribution in [2.24, 2.45) is 0 Å². The van der Waals surface area contributed by atoms with Gasteiger partial charge in [0.1, 0.15) is 5.75 Å². The molecule has 0 bridgehead atoms. The highest BCUT2D eigenvalue weighted by Gasteiger charge is 2.16. The number of unbranched alkanes of at least 4 members (excludes halogenated alkanes) is 1.